The summed E-state index contributed by atoms with van der Waals surface area (Å²) in [5.41, 5.74) is 0.444. The van der Waals surface area contributed by atoms with Gasteiger partial charge >= 0.3 is 12.0 Å². The van der Waals surface area contributed by atoms with E-state index in [-0.39, 0.29) is 19.0 Å². The van der Waals surface area contributed by atoms with Gasteiger partial charge in [-0.25, -0.2) is 13.6 Å². The number of aliphatic carboxylic acids is 1. The van der Waals surface area contributed by atoms with Crippen molar-refractivity contribution in [3.8, 4) is 0 Å². The first-order valence-corrected chi connectivity index (χ1v) is 7.18. The molecule has 8 heteroatoms. The third-order valence-corrected chi connectivity index (χ3v) is 3.68. The number of carbonyl (C=O) groups is 2. The normalized spacial score (nSPS) is 20.3. The Bertz CT molecular complexity index is 597. The maximum atomic E-state index is 13.3. The lowest BCUT2D eigenvalue weighted by atomic mass is 10.0. The Morgan fingerprint density at radius 2 is 2.13 bits per heavy atom. The molecular weight excluding hydrogens is 310 g/mol. The summed E-state index contributed by atoms with van der Waals surface area (Å²) in [6, 6.07) is 2.67. The number of nitrogens with one attached hydrogen (secondary N) is 1. The standard InChI is InChI=1S/C15H18F2N2O4/c1-19(6-4-13(20)21)15(22)18-12-5-7-23-14(12)9-2-3-10(16)11(17)8-9/h2-3,8,12,14H,4-7H2,1H3,(H,18,22)(H,20,21). The van der Waals surface area contributed by atoms with Gasteiger partial charge in [-0.1, -0.05) is 6.07 Å². The van der Waals surface area contributed by atoms with Crippen LogP contribution in [0.15, 0.2) is 18.2 Å². The molecule has 1 aromatic carbocycles. The predicted octanol–water partition coefficient (Wildman–Crippen LogP) is 1.91. The van der Waals surface area contributed by atoms with Gasteiger partial charge in [0, 0.05) is 20.2 Å². The molecule has 1 saturated heterocycles. The Kier molecular flexibility index (Phi) is 5.49. The molecule has 1 heterocycles. The number of nitrogens with zero attached hydrogens (tertiary/aromatic N) is 1. The molecule has 0 spiro atoms. The molecule has 0 radical (unpaired) electrons. The summed E-state index contributed by atoms with van der Waals surface area (Å²) in [7, 11) is 1.49. The Morgan fingerprint density at radius 3 is 2.78 bits per heavy atom. The van der Waals surface area contributed by atoms with E-state index in [9.17, 15) is 18.4 Å². The van der Waals surface area contributed by atoms with Gasteiger partial charge in [-0.15, -0.1) is 0 Å². The highest BCUT2D eigenvalue weighted by Gasteiger charge is 2.32. The molecule has 0 bridgehead atoms. The van der Waals surface area contributed by atoms with E-state index in [4.69, 9.17) is 9.84 Å². The second kappa shape index (κ2) is 7.36. The second-order valence-corrected chi connectivity index (χ2v) is 5.37. The van der Waals surface area contributed by atoms with Crippen LogP contribution in [0.4, 0.5) is 13.6 Å². The smallest absolute Gasteiger partial charge is 0.317 e. The number of ether oxygens (including phenoxy) is 1. The van der Waals surface area contributed by atoms with Crippen LogP contribution in [0.5, 0.6) is 0 Å². The summed E-state index contributed by atoms with van der Waals surface area (Å²) in [6.07, 6.45) is -0.193. The Labute approximate surface area is 132 Å². The lowest BCUT2D eigenvalue weighted by Crippen LogP contribution is -2.44. The molecule has 2 unspecified atom stereocenters. The number of carbonyl (C=O) groups excluding carboxylic acids is 1. The molecule has 2 amide bonds. The third-order valence-electron chi connectivity index (χ3n) is 3.68. The minimum atomic E-state index is -0.992. The van der Waals surface area contributed by atoms with E-state index in [1.165, 1.54) is 18.0 Å². The van der Waals surface area contributed by atoms with Crippen LogP contribution < -0.4 is 5.32 Å². The predicted molar refractivity (Wildman–Crippen MR) is 76.9 cm³/mol. The molecule has 1 aromatic rings. The van der Waals surface area contributed by atoms with E-state index in [0.29, 0.717) is 18.6 Å². The van der Waals surface area contributed by atoms with Crippen molar-refractivity contribution in [3.05, 3.63) is 35.4 Å². The van der Waals surface area contributed by atoms with Crippen LogP contribution in [0, 0.1) is 11.6 Å². The van der Waals surface area contributed by atoms with Crippen molar-refractivity contribution >= 4 is 12.0 Å². The fourth-order valence-corrected chi connectivity index (χ4v) is 2.39. The largest absolute Gasteiger partial charge is 0.481 e. The van der Waals surface area contributed by atoms with Crippen LogP contribution in [-0.4, -0.2) is 48.2 Å². The van der Waals surface area contributed by atoms with E-state index in [0.717, 1.165) is 12.1 Å². The highest BCUT2D eigenvalue weighted by atomic mass is 19.2. The average Bonchev–Trinajstić information content (AvgIpc) is 2.95. The van der Waals surface area contributed by atoms with Crippen LogP contribution >= 0.6 is 0 Å². The van der Waals surface area contributed by atoms with Gasteiger partial charge in [0.15, 0.2) is 11.6 Å². The molecule has 1 fully saturated rings. The molecule has 1 aliphatic rings. The number of hydrogen-bond acceptors (Lipinski definition) is 3. The van der Waals surface area contributed by atoms with Crippen molar-refractivity contribution < 1.29 is 28.2 Å². The van der Waals surface area contributed by atoms with Gasteiger partial charge < -0.3 is 20.1 Å². The molecule has 126 valence electrons. The van der Waals surface area contributed by atoms with Crippen LogP contribution in [0.3, 0.4) is 0 Å². The zero-order chi connectivity index (χ0) is 17.0. The van der Waals surface area contributed by atoms with E-state index in [1.54, 1.807) is 0 Å². The van der Waals surface area contributed by atoms with E-state index >= 15 is 0 Å². The minimum absolute atomic E-state index is 0.0740. The fraction of sp³-hybridized carbons (Fsp3) is 0.467. The summed E-state index contributed by atoms with van der Waals surface area (Å²) >= 11 is 0. The number of amides is 2. The van der Waals surface area contributed by atoms with Gasteiger partial charge in [-0.2, -0.15) is 0 Å². The lowest BCUT2D eigenvalue weighted by Gasteiger charge is -2.24. The molecular formula is C15H18F2N2O4. The maximum Gasteiger partial charge on any atom is 0.317 e. The SMILES string of the molecule is CN(CCC(=O)O)C(=O)NC1CCOC1c1ccc(F)c(F)c1. The van der Waals surface area contributed by atoms with E-state index < -0.39 is 29.7 Å². The zero-order valence-electron chi connectivity index (χ0n) is 12.6. The Hall–Kier alpha value is -2.22. The number of carboxylic acid groups (broad SMARTS) is 1. The molecule has 23 heavy (non-hydrogen) atoms. The minimum Gasteiger partial charge on any atom is -0.481 e. The third kappa shape index (κ3) is 4.38. The monoisotopic (exact) mass is 328 g/mol. The van der Waals surface area contributed by atoms with Gasteiger partial charge in [0.05, 0.1) is 12.5 Å². The molecule has 0 aromatic heterocycles. The number of halogens is 2. The van der Waals surface area contributed by atoms with Crippen molar-refractivity contribution in [2.45, 2.75) is 25.0 Å². The first kappa shape index (κ1) is 17.1. The first-order chi connectivity index (χ1) is 10.9. The van der Waals surface area contributed by atoms with Gasteiger partial charge in [-0.05, 0) is 24.1 Å². The molecule has 1 aliphatic heterocycles. The molecule has 2 rings (SSSR count). The maximum absolute atomic E-state index is 13.3. The first-order valence-electron chi connectivity index (χ1n) is 7.18. The van der Waals surface area contributed by atoms with Gasteiger partial charge in [0.25, 0.3) is 0 Å². The van der Waals surface area contributed by atoms with E-state index in [1.807, 2.05) is 0 Å². The summed E-state index contributed by atoms with van der Waals surface area (Å²) in [5, 5.41) is 11.4. The number of carboxylic acids is 1. The summed E-state index contributed by atoms with van der Waals surface area (Å²) in [6.45, 7) is 0.456. The molecule has 0 saturated carbocycles. The number of benzene rings is 1. The van der Waals surface area contributed by atoms with Crippen LogP contribution in [-0.2, 0) is 9.53 Å². The summed E-state index contributed by atoms with van der Waals surface area (Å²) in [4.78, 5) is 23.8. The van der Waals surface area contributed by atoms with Crippen LogP contribution in [0.2, 0.25) is 0 Å². The van der Waals surface area contributed by atoms with Gasteiger partial charge in [0.2, 0.25) is 0 Å². The van der Waals surface area contributed by atoms with Crippen molar-refractivity contribution in [2.24, 2.45) is 0 Å². The summed E-state index contributed by atoms with van der Waals surface area (Å²) < 4.78 is 31.9. The second-order valence-electron chi connectivity index (χ2n) is 5.37. The van der Waals surface area contributed by atoms with Crippen LogP contribution in [0.1, 0.15) is 24.5 Å². The lowest BCUT2D eigenvalue weighted by molar-refractivity contribution is -0.137. The molecule has 2 N–H and O–H groups in total. The molecule has 6 nitrogen and oxygen atoms in total. The Balaban J connectivity index is 1.99. The van der Waals surface area contributed by atoms with Crippen molar-refractivity contribution in [3.63, 3.8) is 0 Å². The molecule has 0 aliphatic carbocycles. The van der Waals surface area contributed by atoms with Gasteiger partial charge in [0.1, 0.15) is 6.10 Å². The average molecular weight is 328 g/mol. The van der Waals surface area contributed by atoms with Gasteiger partial charge in [-0.3, -0.25) is 4.79 Å². The van der Waals surface area contributed by atoms with Crippen molar-refractivity contribution in [1.29, 1.82) is 0 Å². The topological polar surface area (TPSA) is 78.9 Å². The summed E-state index contributed by atoms with van der Waals surface area (Å²) in [5.74, 6) is -2.91. The fourth-order valence-electron chi connectivity index (χ4n) is 2.39. The zero-order valence-corrected chi connectivity index (χ0v) is 12.6. The van der Waals surface area contributed by atoms with Crippen molar-refractivity contribution in [1.82, 2.24) is 10.2 Å². The number of urea groups is 1. The van der Waals surface area contributed by atoms with E-state index in [2.05, 4.69) is 5.32 Å². The molecule has 2 atom stereocenters. The highest BCUT2D eigenvalue weighted by Crippen LogP contribution is 2.30. The Morgan fingerprint density at radius 1 is 1.39 bits per heavy atom. The quantitative estimate of drug-likeness (QED) is 0.865. The van der Waals surface area contributed by atoms with Crippen molar-refractivity contribution in [2.75, 3.05) is 20.2 Å². The highest BCUT2D eigenvalue weighted by molar-refractivity contribution is 5.75. The van der Waals surface area contributed by atoms with Crippen LogP contribution in [0.25, 0.3) is 0 Å². The number of rotatable bonds is 5. The number of hydrogen-bond donors (Lipinski definition) is 2.